The van der Waals surface area contributed by atoms with E-state index < -0.39 is 11.6 Å². The van der Waals surface area contributed by atoms with E-state index in [0.717, 1.165) is 25.5 Å². The van der Waals surface area contributed by atoms with Crippen LogP contribution >= 0.6 is 0 Å². The zero-order valence-electron chi connectivity index (χ0n) is 9.89. The van der Waals surface area contributed by atoms with Crippen LogP contribution in [0.5, 0.6) is 0 Å². The summed E-state index contributed by atoms with van der Waals surface area (Å²) in [6.45, 7) is 0.749. The van der Waals surface area contributed by atoms with Crippen LogP contribution < -0.4 is 10.2 Å². The van der Waals surface area contributed by atoms with Crippen molar-refractivity contribution in [2.75, 3.05) is 23.8 Å². The number of halogens is 2. The highest BCUT2D eigenvalue weighted by molar-refractivity contribution is 5.74. The van der Waals surface area contributed by atoms with Crippen LogP contribution in [-0.4, -0.2) is 19.1 Å². The van der Waals surface area contributed by atoms with E-state index in [9.17, 15) is 8.78 Å². The fourth-order valence-corrected chi connectivity index (χ4v) is 3.17. The summed E-state index contributed by atoms with van der Waals surface area (Å²) in [5.41, 5.74) is 1.13. The lowest BCUT2D eigenvalue weighted by Crippen LogP contribution is -2.52. The molecule has 1 heterocycles. The lowest BCUT2D eigenvalue weighted by molar-refractivity contribution is 0.425. The zero-order valence-corrected chi connectivity index (χ0v) is 9.89. The Labute approximate surface area is 99.6 Å². The third-order valence-corrected chi connectivity index (χ3v) is 4.24. The summed E-state index contributed by atoms with van der Waals surface area (Å²) in [5.74, 6) is -1.01. The quantitative estimate of drug-likeness (QED) is 0.747. The number of fused-ring (bicyclic) bond motifs is 1. The SMILES string of the molecule is CN1c2cc(F)cc(F)c2NCC12CCCC2. The predicted octanol–water partition coefficient (Wildman–Crippen LogP) is 3.14. The van der Waals surface area contributed by atoms with Crippen molar-refractivity contribution in [3.05, 3.63) is 23.8 Å². The van der Waals surface area contributed by atoms with Crippen molar-refractivity contribution in [2.45, 2.75) is 31.2 Å². The first kappa shape index (κ1) is 10.8. The number of nitrogens with one attached hydrogen (secondary N) is 1. The Morgan fingerprint density at radius 3 is 2.65 bits per heavy atom. The molecule has 1 aromatic carbocycles. The Morgan fingerprint density at radius 1 is 1.24 bits per heavy atom. The second-order valence-corrected chi connectivity index (χ2v) is 5.13. The fraction of sp³-hybridized carbons (Fsp3) is 0.538. The summed E-state index contributed by atoms with van der Waals surface area (Å²) in [6, 6.07) is 2.36. The van der Waals surface area contributed by atoms with Crippen molar-refractivity contribution < 1.29 is 8.78 Å². The minimum Gasteiger partial charge on any atom is -0.379 e. The number of rotatable bonds is 0. The van der Waals surface area contributed by atoms with Gasteiger partial charge in [-0.25, -0.2) is 8.78 Å². The van der Waals surface area contributed by atoms with Gasteiger partial charge in [0.05, 0.1) is 16.9 Å². The summed E-state index contributed by atoms with van der Waals surface area (Å²) in [4.78, 5) is 2.07. The van der Waals surface area contributed by atoms with E-state index in [1.54, 1.807) is 0 Å². The zero-order chi connectivity index (χ0) is 12.0. The average Bonchev–Trinajstić information content (AvgIpc) is 2.74. The number of likely N-dealkylation sites (N-methyl/N-ethyl adjacent to an activating group) is 1. The van der Waals surface area contributed by atoms with Crippen molar-refractivity contribution in [1.82, 2.24) is 0 Å². The summed E-state index contributed by atoms with van der Waals surface area (Å²) in [6.07, 6.45) is 4.57. The van der Waals surface area contributed by atoms with E-state index in [1.165, 1.54) is 18.9 Å². The van der Waals surface area contributed by atoms with Crippen LogP contribution in [0.4, 0.5) is 20.2 Å². The monoisotopic (exact) mass is 238 g/mol. The van der Waals surface area contributed by atoms with Crippen molar-refractivity contribution in [2.24, 2.45) is 0 Å². The Balaban J connectivity index is 2.08. The first-order chi connectivity index (χ1) is 8.12. The van der Waals surface area contributed by atoms with E-state index in [4.69, 9.17) is 0 Å². The molecule has 3 rings (SSSR count). The van der Waals surface area contributed by atoms with E-state index in [0.29, 0.717) is 11.4 Å². The van der Waals surface area contributed by atoms with E-state index >= 15 is 0 Å². The molecule has 4 heteroatoms. The lowest BCUT2D eigenvalue weighted by atomic mass is 9.92. The smallest absolute Gasteiger partial charge is 0.151 e. The first-order valence-corrected chi connectivity index (χ1v) is 6.09. The molecule has 1 saturated carbocycles. The summed E-state index contributed by atoms with van der Waals surface area (Å²) >= 11 is 0. The second kappa shape index (κ2) is 3.59. The molecule has 0 radical (unpaired) electrons. The molecule has 1 aromatic rings. The Morgan fingerprint density at radius 2 is 1.94 bits per heavy atom. The molecule has 1 spiro atoms. The van der Waals surface area contributed by atoms with Gasteiger partial charge in [0.2, 0.25) is 0 Å². The molecule has 0 saturated heterocycles. The van der Waals surface area contributed by atoms with Gasteiger partial charge in [-0.15, -0.1) is 0 Å². The van der Waals surface area contributed by atoms with Crippen LogP contribution in [0.3, 0.4) is 0 Å². The third kappa shape index (κ3) is 1.50. The molecular weight excluding hydrogens is 222 g/mol. The van der Waals surface area contributed by atoms with Gasteiger partial charge in [0.1, 0.15) is 5.82 Å². The molecule has 0 bridgehead atoms. The van der Waals surface area contributed by atoms with Gasteiger partial charge in [-0.2, -0.15) is 0 Å². The fourth-order valence-electron chi connectivity index (χ4n) is 3.17. The van der Waals surface area contributed by atoms with Gasteiger partial charge in [-0.1, -0.05) is 12.8 Å². The summed E-state index contributed by atoms with van der Waals surface area (Å²) in [7, 11) is 1.95. The highest BCUT2D eigenvalue weighted by Crippen LogP contribution is 2.44. The molecule has 0 unspecified atom stereocenters. The molecule has 1 fully saturated rings. The van der Waals surface area contributed by atoms with Gasteiger partial charge >= 0.3 is 0 Å². The van der Waals surface area contributed by atoms with Crippen LogP contribution in [0.25, 0.3) is 0 Å². The standard InChI is InChI=1S/C13H16F2N2/c1-17-11-7-9(14)6-10(15)12(11)16-8-13(17)4-2-3-5-13/h6-7,16H,2-5,8H2,1H3. The van der Waals surface area contributed by atoms with Crippen molar-refractivity contribution >= 4 is 11.4 Å². The van der Waals surface area contributed by atoms with Crippen LogP contribution in [0.15, 0.2) is 12.1 Å². The first-order valence-electron chi connectivity index (χ1n) is 6.09. The maximum Gasteiger partial charge on any atom is 0.151 e. The van der Waals surface area contributed by atoms with Crippen LogP contribution in [-0.2, 0) is 0 Å². The molecular formula is C13H16F2N2. The Hall–Kier alpha value is -1.32. The number of nitrogens with zero attached hydrogens (tertiary/aromatic N) is 1. The van der Waals surface area contributed by atoms with Gasteiger partial charge in [-0.05, 0) is 18.9 Å². The third-order valence-electron chi connectivity index (χ3n) is 4.24. The molecule has 1 aliphatic heterocycles. The van der Waals surface area contributed by atoms with Gasteiger partial charge in [0.15, 0.2) is 5.82 Å². The minimum absolute atomic E-state index is 0.0488. The second-order valence-electron chi connectivity index (χ2n) is 5.13. The highest BCUT2D eigenvalue weighted by Gasteiger charge is 2.41. The molecule has 1 aliphatic carbocycles. The van der Waals surface area contributed by atoms with Gasteiger partial charge in [0, 0.05) is 19.7 Å². The van der Waals surface area contributed by atoms with Crippen LogP contribution in [0, 0.1) is 11.6 Å². The topological polar surface area (TPSA) is 15.3 Å². The van der Waals surface area contributed by atoms with E-state index in [1.807, 2.05) is 7.05 Å². The normalized spacial score (nSPS) is 21.5. The van der Waals surface area contributed by atoms with Gasteiger partial charge in [0.25, 0.3) is 0 Å². The number of hydrogen-bond acceptors (Lipinski definition) is 2. The maximum absolute atomic E-state index is 13.7. The summed E-state index contributed by atoms with van der Waals surface area (Å²) in [5, 5.41) is 3.14. The van der Waals surface area contributed by atoms with Crippen molar-refractivity contribution in [3.63, 3.8) is 0 Å². The molecule has 2 nitrogen and oxygen atoms in total. The average molecular weight is 238 g/mol. The number of anilines is 2. The number of benzene rings is 1. The summed E-state index contributed by atoms with van der Waals surface area (Å²) < 4.78 is 27.0. The van der Waals surface area contributed by atoms with Crippen LogP contribution in [0.1, 0.15) is 25.7 Å². The van der Waals surface area contributed by atoms with Gasteiger partial charge in [-0.3, -0.25) is 0 Å². The Kier molecular flexibility index (Phi) is 2.28. The highest BCUT2D eigenvalue weighted by atomic mass is 19.1. The van der Waals surface area contributed by atoms with Crippen molar-refractivity contribution in [1.29, 1.82) is 0 Å². The van der Waals surface area contributed by atoms with E-state index in [-0.39, 0.29) is 5.54 Å². The molecule has 2 aliphatic rings. The molecule has 0 amide bonds. The minimum atomic E-state index is -0.509. The molecule has 1 N–H and O–H groups in total. The molecule has 0 atom stereocenters. The maximum atomic E-state index is 13.7. The Bertz CT molecular complexity index is 453. The van der Waals surface area contributed by atoms with Crippen LogP contribution in [0.2, 0.25) is 0 Å². The van der Waals surface area contributed by atoms with Gasteiger partial charge < -0.3 is 10.2 Å². The largest absolute Gasteiger partial charge is 0.379 e. The van der Waals surface area contributed by atoms with E-state index in [2.05, 4.69) is 10.2 Å². The van der Waals surface area contributed by atoms with Crippen molar-refractivity contribution in [3.8, 4) is 0 Å². The lowest BCUT2D eigenvalue weighted by Gasteiger charge is -2.45. The molecule has 0 aromatic heterocycles. The predicted molar refractivity (Wildman–Crippen MR) is 64.4 cm³/mol. The molecule has 92 valence electrons. The number of hydrogen-bond donors (Lipinski definition) is 1. The molecule has 17 heavy (non-hydrogen) atoms.